The standard InChI is InChI=1S/C8H7N5/c9-3-8-5-13(6-10-8)4-7-1-2-11-12-7/h1-2,5-6H,4H2,(H,11,12). The van der Waals surface area contributed by atoms with Gasteiger partial charge in [-0.2, -0.15) is 10.4 Å². The fraction of sp³-hybridized carbons (Fsp3) is 0.125. The van der Waals surface area contributed by atoms with Gasteiger partial charge in [-0.05, 0) is 6.07 Å². The Bertz CT molecular complexity index is 420. The van der Waals surface area contributed by atoms with Crippen LogP contribution in [0.3, 0.4) is 0 Å². The molecule has 0 saturated heterocycles. The molecule has 0 saturated carbocycles. The molecule has 0 aromatic carbocycles. The molecule has 0 spiro atoms. The monoisotopic (exact) mass is 173 g/mol. The molecule has 0 fully saturated rings. The lowest BCUT2D eigenvalue weighted by Crippen LogP contribution is -1.96. The lowest BCUT2D eigenvalue weighted by molar-refractivity contribution is 0.767. The average molecular weight is 173 g/mol. The van der Waals surface area contributed by atoms with Gasteiger partial charge < -0.3 is 4.57 Å². The van der Waals surface area contributed by atoms with Crippen molar-refractivity contribution in [2.75, 3.05) is 0 Å². The van der Waals surface area contributed by atoms with Crippen LogP contribution in [0.4, 0.5) is 0 Å². The summed E-state index contributed by atoms with van der Waals surface area (Å²) < 4.78 is 1.83. The van der Waals surface area contributed by atoms with Crippen molar-refractivity contribution >= 4 is 0 Å². The van der Waals surface area contributed by atoms with Crippen LogP contribution in [-0.4, -0.2) is 19.7 Å². The maximum absolute atomic E-state index is 8.53. The smallest absolute Gasteiger partial charge is 0.158 e. The summed E-state index contributed by atoms with van der Waals surface area (Å²) in [4.78, 5) is 3.88. The van der Waals surface area contributed by atoms with Gasteiger partial charge in [-0.15, -0.1) is 0 Å². The zero-order chi connectivity index (χ0) is 9.10. The van der Waals surface area contributed by atoms with Crippen LogP contribution >= 0.6 is 0 Å². The van der Waals surface area contributed by atoms with Gasteiger partial charge in [-0.25, -0.2) is 4.98 Å². The maximum Gasteiger partial charge on any atom is 0.158 e. The zero-order valence-electron chi connectivity index (χ0n) is 6.81. The lowest BCUT2D eigenvalue weighted by atomic mass is 10.4. The maximum atomic E-state index is 8.53. The molecule has 0 aliphatic rings. The van der Waals surface area contributed by atoms with Gasteiger partial charge in [-0.3, -0.25) is 5.10 Å². The predicted octanol–water partition coefficient (Wildman–Crippen LogP) is 0.526. The van der Waals surface area contributed by atoms with Crippen LogP contribution in [0.2, 0.25) is 0 Å². The van der Waals surface area contributed by atoms with Crippen LogP contribution < -0.4 is 0 Å². The Balaban J connectivity index is 2.15. The van der Waals surface area contributed by atoms with Crippen LogP contribution in [-0.2, 0) is 6.54 Å². The molecule has 2 aromatic rings. The largest absolute Gasteiger partial charge is 0.330 e. The fourth-order valence-corrected chi connectivity index (χ4v) is 1.07. The Morgan fingerprint density at radius 1 is 1.62 bits per heavy atom. The van der Waals surface area contributed by atoms with E-state index in [4.69, 9.17) is 5.26 Å². The van der Waals surface area contributed by atoms with E-state index in [1.807, 2.05) is 16.7 Å². The highest BCUT2D eigenvalue weighted by atomic mass is 15.1. The Morgan fingerprint density at radius 2 is 2.54 bits per heavy atom. The molecular formula is C8H7N5. The van der Waals surface area contributed by atoms with Crippen molar-refractivity contribution in [2.24, 2.45) is 0 Å². The normalized spacial score (nSPS) is 9.77. The van der Waals surface area contributed by atoms with Gasteiger partial charge in [-0.1, -0.05) is 0 Å². The first-order chi connectivity index (χ1) is 6.38. The summed E-state index contributed by atoms with van der Waals surface area (Å²) in [5.41, 5.74) is 1.42. The number of imidazole rings is 1. The number of nitrogens with zero attached hydrogens (tertiary/aromatic N) is 4. The van der Waals surface area contributed by atoms with Gasteiger partial charge in [0.2, 0.25) is 0 Å². The number of aromatic nitrogens is 4. The first kappa shape index (κ1) is 7.55. The Morgan fingerprint density at radius 3 is 3.15 bits per heavy atom. The molecular weight excluding hydrogens is 166 g/mol. The number of aromatic amines is 1. The number of nitriles is 1. The molecule has 5 heteroatoms. The Kier molecular flexibility index (Phi) is 1.81. The SMILES string of the molecule is N#Cc1cn(Cc2ccn[nH]2)cn1. The van der Waals surface area contributed by atoms with Crippen molar-refractivity contribution < 1.29 is 0 Å². The molecule has 0 amide bonds. The molecule has 0 unspecified atom stereocenters. The Labute approximate surface area is 74.6 Å². The minimum absolute atomic E-state index is 0.430. The number of H-pyrrole nitrogens is 1. The molecule has 64 valence electrons. The summed E-state index contributed by atoms with van der Waals surface area (Å²) in [7, 11) is 0. The van der Waals surface area contributed by atoms with Gasteiger partial charge >= 0.3 is 0 Å². The van der Waals surface area contributed by atoms with Crippen LogP contribution in [0.1, 0.15) is 11.4 Å². The van der Waals surface area contributed by atoms with E-state index in [1.54, 1.807) is 18.7 Å². The molecule has 2 aromatic heterocycles. The molecule has 0 aliphatic carbocycles. The minimum atomic E-state index is 0.430. The lowest BCUT2D eigenvalue weighted by Gasteiger charge is -1.96. The summed E-state index contributed by atoms with van der Waals surface area (Å²) in [6.07, 6.45) is 5.01. The van der Waals surface area contributed by atoms with Crippen LogP contribution in [0.15, 0.2) is 24.8 Å². The second-order valence-corrected chi connectivity index (χ2v) is 2.62. The van der Waals surface area contributed by atoms with Gasteiger partial charge in [0.25, 0.3) is 0 Å². The van der Waals surface area contributed by atoms with Gasteiger partial charge in [0.1, 0.15) is 6.07 Å². The molecule has 0 aliphatic heterocycles. The van der Waals surface area contributed by atoms with E-state index < -0.39 is 0 Å². The Hall–Kier alpha value is -2.09. The molecule has 13 heavy (non-hydrogen) atoms. The second kappa shape index (κ2) is 3.11. The fourth-order valence-electron chi connectivity index (χ4n) is 1.07. The summed E-state index contributed by atoms with van der Waals surface area (Å²) in [6, 6.07) is 3.85. The first-order valence-electron chi connectivity index (χ1n) is 3.78. The highest BCUT2D eigenvalue weighted by Gasteiger charge is 1.98. The van der Waals surface area contributed by atoms with Crippen molar-refractivity contribution in [3.05, 3.63) is 36.2 Å². The van der Waals surface area contributed by atoms with E-state index in [2.05, 4.69) is 15.2 Å². The van der Waals surface area contributed by atoms with Crippen LogP contribution in [0, 0.1) is 11.3 Å². The third-order valence-corrected chi connectivity index (χ3v) is 1.66. The first-order valence-corrected chi connectivity index (χ1v) is 3.78. The molecule has 5 nitrogen and oxygen atoms in total. The van der Waals surface area contributed by atoms with Crippen molar-refractivity contribution in [3.8, 4) is 6.07 Å². The highest BCUT2D eigenvalue weighted by molar-refractivity contribution is 5.16. The topological polar surface area (TPSA) is 70.3 Å². The number of nitrogens with one attached hydrogen (secondary N) is 1. The minimum Gasteiger partial charge on any atom is -0.330 e. The van der Waals surface area contributed by atoms with Crippen LogP contribution in [0.5, 0.6) is 0 Å². The summed E-state index contributed by atoms with van der Waals surface area (Å²) in [5.74, 6) is 0. The van der Waals surface area contributed by atoms with E-state index in [-0.39, 0.29) is 0 Å². The highest BCUT2D eigenvalue weighted by Crippen LogP contribution is 1.99. The summed E-state index contributed by atoms with van der Waals surface area (Å²) >= 11 is 0. The second-order valence-electron chi connectivity index (χ2n) is 2.62. The summed E-state index contributed by atoms with van der Waals surface area (Å²) in [5, 5.41) is 15.2. The van der Waals surface area contributed by atoms with Gasteiger partial charge in [0.15, 0.2) is 5.69 Å². The quantitative estimate of drug-likeness (QED) is 0.719. The predicted molar refractivity (Wildman–Crippen MR) is 44.6 cm³/mol. The van der Waals surface area contributed by atoms with Gasteiger partial charge in [0, 0.05) is 12.4 Å². The van der Waals surface area contributed by atoms with Crippen molar-refractivity contribution in [1.82, 2.24) is 19.7 Å². The van der Waals surface area contributed by atoms with Crippen molar-refractivity contribution in [2.45, 2.75) is 6.54 Å². The zero-order valence-corrected chi connectivity index (χ0v) is 6.81. The van der Waals surface area contributed by atoms with E-state index in [1.165, 1.54) is 0 Å². The number of hydrogen-bond acceptors (Lipinski definition) is 3. The van der Waals surface area contributed by atoms with E-state index >= 15 is 0 Å². The molecule has 0 atom stereocenters. The van der Waals surface area contributed by atoms with Crippen molar-refractivity contribution in [1.29, 1.82) is 5.26 Å². The number of hydrogen-bond donors (Lipinski definition) is 1. The van der Waals surface area contributed by atoms with E-state index in [0.29, 0.717) is 12.2 Å². The molecule has 1 N–H and O–H groups in total. The van der Waals surface area contributed by atoms with Crippen molar-refractivity contribution in [3.63, 3.8) is 0 Å². The summed E-state index contributed by atoms with van der Waals surface area (Å²) in [6.45, 7) is 0.661. The molecule has 2 heterocycles. The van der Waals surface area contributed by atoms with Crippen LogP contribution in [0.25, 0.3) is 0 Å². The van der Waals surface area contributed by atoms with E-state index in [9.17, 15) is 0 Å². The van der Waals surface area contributed by atoms with Gasteiger partial charge in [0.05, 0.1) is 18.6 Å². The average Bonchev–Trinajstić information content (AvgIpc) is 2.76. The molecule has 2 rings (SSSR count). The third-order valence-electron chi connectivity index (χ3n) is 1.66. The van der Waals surface area contributed by atoms with E-state index in [0.717, 1.165) is 5.69 Å². The molecule has 0 radical (unpaired) electrons. The molecule has 0 bridgehead atoms. The number of rotatable bonds is 2. The third kappa shape index (κ3) is 1.56.